The van der Waals surface area contributed by atoms with Crippen molar-refractivity contribution in [1.82, 2.24) is 9.97 Å². The van der Waals surface area contributed by atoms with Gasteiger partial charge in [0.05, 0.1) is 11.0 Å². The Balaban J connectivity index is 2.02. The summed E-state index contributed by atoms with van der Waals surface area (Å²) in [5, 5.41) is 9.32. The van der Waals surface area contributed by atoms with Crippen molar-refractivity contribution in [2.75, 3.05) is 13.2 Å². The van der Waals surface area contributed by atoms with Crippen molar-refractivity contribution in [1.29, 1.82) is 0 Å². The number of hydrogen-bond acceptors (Lipinski definition) is 3. The van der Waals surface area contributed by atoms with Gasteiger partial charge in [0.2, 0.25) is 0 Å². The van der Waals surface area contributed by atoms with E-state index >= 15 is 0 Å². The third-order valence-electron chi connectivity index (χ3n) is 2.42. The highest BCUT2D eigenvalue weighted by atomic mass is 16.5. The van der Waals surface area contributed by atoms with E-state index in [2.05, 4.69) is 9.97 Å². The van der Waals surface area contributed by atoms with Gasteiger partial charge in [-0.2, -0.15) is 0 Å². The number of ether oxygens (including phenoxy) is 1. The molecule has 2 N–H and O–H groups in total. The number of benzene rings is 1. The zero-order chi connectivity index (χ0) is 11.4. The predicted octanol–water partition coefficient (Wildman–Crippen LogP) is 2.24. The minimum absolute atomic E-state index is 0.261. The van der Waals surface area contributed by atoms with E-state index in [1.54, 1.807) is 12.1 Å². The lowest BCUT2D eigenvalue weighted by Crippen LogP contribution is -1.96. The summed E-state index contributed by atoms with van der Waals surface area (Å²) in [5.41, 5.74) is 1.77. The third kappa shape index (κ3) is 2.52. The molecule has 0 radical (unpaired) electrons. The Morgan fingerprint density at radius 3 is 3.12 bits per heavy atom. The van der Waals surface area contributed by atoms with Gasteiger partial charge < -0.3 is 14.8 Å². The lowest BCUT2D eigenvalue weighted by Gasteiger charge is -1.98. The van der Waals surface area contributed by atoms with Crippen molar-refractivity contribution in [2.24, 2.45) is 0 Å². The van der Waals surface area contributed by atoms with Crippen molar-refractivity contribution in [3.63, 3.8) is 0 Å². The number of aromatic hydroxyl groups is 1. The van der Waals surface area contributed by atoms with Gasteiger partial charge in [0.1, 0.15) is 11.6 Å². The molecule has 0 aliphatic rings. The first-order valence-corrected chi connectivity index (χ1v) is 5.55. The number of phenolic OH excluding ortho intramolecular Hbond substituents is 1. The lowest BCUT2D eigenvalue weighted by molar-refractivity contribution is 0.145. The van der Waals surface area contributed by atoms with Crippen molar-refractivity contribution >= 4 is 11.0 Å². The van der Waals surface area contributed by atoms with Crippen LogP contribution in [0.5, 0.6) is 5.75 Å². The van der Waals surface area contributed by atoms with Crippen LogP contribution in [0.2, 0.25) is 0 Å². The Kier molecular flexibility index (Phi) is 3.41. The average molecular weight is 220 g/mol. The Morgan fingerprint density at radius 2 is 2.31 bits per heavy atom. The largest absolute Gasteiger partial charge is 0.508 e. The van der Waals surface area contributed by atoms with Gasteiger partial charge in [-0.1, -0.05) is 0 Å². The molecular formula is C12H16N2O2. The highest BCUT2D eigenvalue weighted by molar-refractivity contribution is 5.76. The molecule has 0 amide bonds. The van der Waals surface area contributed by atoms with E-state index in [1.807, 2.05) is 13.0 Å². The van der Waals surface area contributed by atoms with Crippen LogP contribution in [0.4, 0.5) is 0 Å². The van der Waals surface area contributed by atoms with E-state index < -0.39 is 0 Å². The number of imidazole rings is 1. The minimum atomic E-state index is 0.261. The Morgan fingerprint density at radius 1 is 1.44 bits per heavy atom. The second kappa shape index (κ2) is 4.99. The maximum atomic E-state index is 9.32. The number of aryl methyl sites for hydroxylation is 1. The molecule has 1 aromatic carbocycles. The van der Waals surface area contributed by atoms with Crippen molar-refractivity contribution in [3.05, 3.63) is 24.0 Å². The van der Waals surface area contributed by atoms with Crippen molar-refractivity contribution in [2.45, 2.75) is 19.8 Å². The number of rotatable bonds is 5. The molecule has 0 spiro atoms. The molecular weight excluding hydrogens is 204 g/mol. The maximum absolute atomic E-state index is 9.32. The minimum Gasteiger partial charge on any atom is -0.508 e. The summed E-state index contributed by atoms with van der Waals surface area (Å²) in [6.07, 6.45) is 1.83. The Labute approximate surface area is 94.3 Å². The van der Waals surface area contributed by atoms with E-state index in [0.717, 1.165) is 42.9 Å². The monoisotopic (exact) mass is 220 g/mol. The van der Waals surface area contributed by atoms with Crippen molar-refractivity contribution in [3.8, 4) is 5.75 Å². The van der Waals surface area contributed by atoms with Crippen LogP contribution in [0.3, 0.4) is 0 Å². The maximum Gasteiger partial charge on any atom is 0.117 e. The number of phenols is 1. The number of H-pyrrole nitrogens is 1. The molecule has 4 heteroatoms. The van der Waals surface area contributed by atoms with E-state index in [9.17, 15) is 5.11 Å². The van der Waals surface area contributed by atoms with Crippen LogP contribution in [-0.2, 0) is 11.2 Å². The first-order valence-electron chi connectivity index (χ1n) is 5.55. The fraction of sp³-hybridized carbons (Fsp3) is 0.417. The quantitative estimate of drug-likeness (QED) is 0.760. The van der Waals surface area contributed by atoms with Crippen LogP contribution in [0.25, 0.3) is 11.0 Å². The van der Waals surface area contributed by atoms with Crippen LogP contribution >= 0.6 is 0 Å². The van der Waals surface area contributed by atoms with Crippen molar-refractivity contribution < 1.29 is 9.84 Å². The molecule has 0 unspecified atom stereocenters. The van der Waals surface area contributed by atoms with Crippen LogP contribution in [0.15, 0.2) is 18.2 Å². The van der Waals surface area contributed by atoms with Gasteiger partial charge in [-0.05, 0) is 25.5 Å². The van der Waals surface area contributed by atoms with Gasteiger partial charge in [0, 0.05) is 25.7 Å². The topological polar surface area (TPSA) is 58.1 Å². The van der Waals surface area contributed by atoms with E-state index in [1.165, 1.54) is 0 Å². The van der Waals surface area contributed by atoms with Gasteiger partial charge >= 0.3 is 0 Å². The van der Waals surface area contributed by atoms with Gasteiger partial charge in [0.15, 0.2) is 0 Å². The molecule has 0 saturated heterocycles. The van der Waals surface area contributed by atoms with Crippen LogP contribution in [0, 0.1) is 0 Å². The second-order valence-corrected chi connectivity index (χ2v) is 3.69. The first-order chi connectivity index (χ1) is 7.79. The molecule has 16 heavy (non-hydrogen) atoms. The summed E-state index contributed by atoms with van der Waals surface area (Å²) in [6.45, 7) is 3.51. The van der Waals surface area contributed by atoms with Gasteiger partial charge in [-0.15, -0.1) is 0 Å². The van der Waals surface area contributed by atoms with Gasteiger partial charge in [0.25, 0.3) is 0 Å². The smallest absolute Gasteiger partial charge is 0.117 e. The van der Waals surface area contributed by atoms with E-state index in [4.69, 9.17) is 4.74 Å². The molecule has 2 aromatic rings. The first kappa shape index (κ1) is 11.0. The molecule has 0 aliphatic carbocycles. The van der Waals surface area contributed by atoms with Crippen LogP contribution < -0.4 is 0 Å². The molecule has 1 heterocycles. The molecule has 0 fully saturated rings. The Bertz CT molecular complexity index is 465. The van der Waals surface area contributed by atoms with E-state index in [-0.39, 0.29) is 5.75 Å². The standard InChI is InChI=1S/C12H16N2O2/c1-2-16-7-3-4-12-13-10-6-5-9(15)8-11(10)14-12/h5-6,8,15H,2-4,7H2,1H3,(H,13,14). The number of aromatic nitrogens is 2. The zero-order valence-electron chi connectivity index (χ0n) is 9.36. The SMILES string of the molecule is CCOCCCc1nc2ccc(O)cc2[nH]1. The summed E-state index contributed by atoms with van der Waals surface area (Å²) < 4.78 is 5.27. The number of nitrogens with one attached hydrogen (secondary N) is 1. The average Bonchev–Trinajstić information content (AvgIpc) is 2.66. The molecule has 86 valence electrons. The molecule has 0 saturated carbocycles. The number of nitrogens with zero attached hydrogens (tertiary/aromatic N) is 1. The summed E-state index contributed by atoms with van der Waals surface area (Å²) in [4.78, 5) is 7.62. The van der Waals surface area contributed by atoms with Gasteiger partial charge in [-0.3, -0.25) is 0 Å². The highest BCUT2D eigenvalue weighted by Gasteiger charge is 2.02. The van der Waals surface area contributed by atoms with Crippen LogP contribution in [-0.4, -0.2) is 28.3 Å². The molecule has 0 atom stereocenters. The molecule has 4 nitrogen and oxygen atoms in total. The fourth-order valence-corrected chi connectivity index (χ4v) is 1.65. The summed E-state index contributed by atoms with van der Waals surface area (Å²) >= 11 is 0. The molecule has 0 aliphatic heterocycles. The molecule has 1 aromatic heterocycles. The third-order valence-corrected chi connectivity index (χ3v) is 2.42. The summed E-state index contributed by atoms with van der Waals surface area (Å²) in [5.74, 6) is 1.21. The summed E-state index contributed by atoms with van der Waals surface area (Å²) in [6, 6.07) is 5.15. The number of aromatic amines is 1. The highest BCUT2D eigenvalue weighted by Crippen LogP contribution is 2.17. The zero-order valence-corrected chi connectivity index (χ0v) is 9.36. The molecule has 2 rings (SSSR count). The number of fused-ring (bicyclic) bond motifs is 1. The second-order valence-electron chi connectivity index (χ2n) is 3.69. The van der Waals surface area contributed by atoms with Gasteiger partial charge in [-0.25, -0.2) is 4.98 Å². The van der Waals surface area contributed by atoms with E-state index in [0.29, 0.717) is 0 Å². The lowest BCUT2D eigenvalue weighted by atomic mass is 10.3. The normalized spacial score (nSPS) is 11.1. The Hall–Kier alpha value is -1.55. The molecule has 0 bridgehead atoms. The summed E-state index contributed by atoms with van der Waals surface area (Å²) in [7, 11) is 0. The predicted molar refractivity (Wildman–Crippen MR) is 62.6 cm³/mol. The van der Waals surface area contributed by atoms with Crippen LogP contribution in [0.1, 0.15) is 19.2 Å². The fourth-order valence-electron chi connectivity index (χ4n) is 1.65. The number of hydrogen-bond donors (Lipinski definition) is 2.